The molecule has 0 saturated heterocycles. The molecule has 0 aliphatic heterocycles. The maximum Gasteiger partial charge on any atom is 0.251 e. The van der Waals surface area contributed by atoms with Crippen LogP contribution in [0.25, 0.3) is 0 Å². The van der Waals surface area contributed by atoms with Crippen LogP contribution in [0.3, 0.4) is 0 Å². The highest BCUT2D eigenvalue weighted by atomic mass is 32.2. The SMILES string of the molecule is CC(CCO)CNC(=O)c1ccc(SCc2ccccc2)cc1. The van der Waals surface area contributed by atoms with E-state index in [2.05, 4.69) is 17.4 Å². The van der Waals surface area contributed by atoms with Crippen LogP contribution >= 0.6 is 11.8 Å². The lowest BCUT2D eigenvalue weighted by molar-refractivity contribution is 0.0945. The molecule has 0 saturated carbocycles. The Hall–Kier alpha value is -1.78. The Morgan fingerprint density at radius 2 is 1.83 bits per heavy atom. The van der Waals surface area contributed by atoms with Crippen molar-refractivity contribution in [3.8, 4) is 0 Å². The maximum atomic E-state index is 12.1. The molecule has 2 aromatic rings. The third-order valence-electron chi connectivity index (χ3n) is 3.60. The summed E-state index contributed by atoms with van der Waals surface area (Å²) >= 11 is 1.76. The van der Waals surface area contributed by atoms with E-state index in [4.69, 9.17) is 5.11 Å². The van der Waals surface area contributed by atoms with Crippen molar-refractivity contribution in [2.24, 2.45) is 5.92 Å². The normalized spacial score (nSPS) is 11.9. The van der Waals surface area contributed by atoms with Crippen molar-refractivity contribution in [3.63, 3.8) is 0 Å². The Morgan fingerprint density at radius 1 is 1.13 bits per heavy atom. The summed E-state index contributed by atoms with van der Waals surface area (Å²) in [5, 5.41) is 11.8. The molecule has 1 unspecified atom stereocenters. The number of carbonyl (C=O) groups is 1. The first-order valence-corrected chi connectivity index (χ1v) is 8.83. The van der Waals surface area contributed by atoms with Gasteiger partial charge in [0.05, 0.1) is 0 Å². The summed E-state index contributed by atoms with van der Waals surface area (Å²) in [5.41, 5.74) is 1.96. The quantitative estimate of drug-likeness (QED) is 0.726. The molecule has 2 N–H and O–H groups in total. The Kier molecular flexibility index (Phi) is 7.17. The van der Waals surface area contributed by atoms with Crippen LogP contribution in [-0.4, -0.2) is 24.2 Å². The third-order valence-corrected chi connectivity index (χ3v) is 4.68. The van der Waals surface area contributed by atoms with Crippen LogP contribution in [0.2, 0.25) is 0 Å². The van der Waals surface area contributed by atoms with Gasteiger partial charge in [0, 0.05) is 29.4 Å². The molecule has 0 spiro atoms. The molecule has 2 rings (SSSR count). The van der Waals surface area contributed by atoms with Crippen molar-refractivity contribution in [3.05, 3.63) is 65.7 Å². The molecule has 0 bridgehead atoms. The van der Waals surface area contributed by atoms with Crippen molar-refractivity contribution >= 4 is 17.7 Å². The highest BCUT2D eigenvalue weighted by Gasteiger charge is 2.08. The Bertz CT molecular complexity index is 599. The van der Waals surface area contributed by atoms with E-state index in [0.717, 1.165) is 10.6 Å². The van der Waals surface area contributed by atoms with Crippen LogP contribution in [0, 0.1) is 5.92 Å². The van der Waals surface area contributed by atoms with Gasteiger partial charge in [0.25, 0.3) is 5.91 Å². The lowest BCUT2D eigenvalue weighted by Gasteiger charge is -2.11. The molecule has 2 aromatic carbocycles. The maximum absolute atomic E-state index is 12.1. The molecule has 1 amide bonds. The number of hydrogen-bond acceptors (Lipinski definition) is 3. The Labute approximate surface area is 142 Å². The zero-order valence-corrected chi connectivity index (χ0v) is 14.2. The van der Waals surface area contributed by atoms with E-state index in [9.17, 15) is 4.79 Å². The van der Waals surface area contributed by atoms with Crippen LogP contribution in [0.15, 0.2) is 59.5 Å². The summed E-state index contributed by atoms with van der Waals surface area (Å²) < 4.78 is 0. The average Bonchev–Trinajstić information content (AvgIpc) is 2.59. The fourth-order valence-corrected chi connectivity index (χ4v) is 2.99. The van der Waals surface area contributed by atoms with Gasteiger partial charge in [-0.2, -0.15) is 0 Å². The molecule has 0 aromatic heterocycles. The van der Waals surface area contributed by atoms with Gasteiger partial charge in [-0.05, 0) is 42.2 Å². The fourth-order valence-electron chi connectivity index (χ4n) is 2.13. The van der Waals surface area contributed by atoms with E-state index in [1.54, 1.807) is 11.8 Å². The van der Waals surface area contributed by atoms with Gasteiger partial charge in [0.1, 0.15) is 0 Å². The molecular formula is C19H23NO2S. The van der Waals surface area contributed by atoms with E-state index < -0.39 is 0 Å². The van der Waals surface area contributed by atoms with E-state index >= 15 is 0 Å². The lowest BCUT2D eigenvalue weighted by Crippen LogP contribution is -2.28. The first-order valence-electron chi connectivity index (χ1n) is 7.85. The lowest BCUT2D eigenvalue weighted by atomic mass is 10.1. The summed E-state index contributed by atoms with van der Waals surface area (Å²) in [6.07, 6.45) is 0.704. The van der Waals surface area contributed by atoms with Crippen LogP contribution in [-0.2, 0) is 5.75 Å². The summed E-state index contributed by atoms with van der Waals surface area (Å²) in [6, 6.07) is 18.0. The van der Waals surface area contributed by atoms with Crippen molar-refractivity contribution < 1.29 is 9.90 Å². The van der Waals surface area contributed by atoms with Gasteiger partial charge in [-0.3, -0.25) is 4.79 Å². The van der Waals surface area contributed by atoms with Crippen LogP contribution < -0.4 is 5.32 Å². The molecule has 0 aliphatic rings. The largest absolute Gasteiger partial charge is 0.396 e. The van der Waals surface area contributed by atoms with Gasteiger partial charge < -0.3 is 10.4 Å². The van der Waals surface area contributed by atoms with Crippen molar-refractivity contribution in [2.45, 2.75) is 24.0 Å². The minimum absolute atomic E-state index is 0.0607. The predicted molar refractivity (Wildman–Crippen MR) is 95.6 cm³/mol. The minimum Gasteiger partial charge on any atom is -0.396 e. The predicted octanol–water partition coefficient (Wildman–Crippen LogP) is 3.73. The molecule has 3 nitrogen and oxygen atoms in total. The summed E-state index contributed by atoms with van der Waals surface area (Å²) in [7, 11) is 0. The van der Waals surface area contributed by atoms with Gasteiger partial charge in [-0.15, -0.1) is 11.8 Å². The molecule has 0 fully saturated rings. The van der Waals surface area contributed by atoms with Crippen LogP contribution in [0.4, 0.5) is 0 Å². The molecule has 0 radical (unpaired) electrons. The highest BCUT2D eigenvalue weighted by molar-refractivity contribution is 7.98. The monoisotopic (exact) mass is 329 g/mol. The average molecular weight is 329 g/mol. The zero-order valence-electron chi connectivity index (χ0n) is 13.4. The second-order valence-electron chi connectivity index (χ2n) is 5.63. The second-order valence-corrected chi connectivity index (χ2v) is 6.67. The second kappa shape index (κ2) is 9.38. The zero-order chi connectivity index (χ0) is 16.5. The number of hydrogen-bond donors (Lipinski definition) is 2. The van der Waals surface area contributed by atoms with E-state index in [1.807, 2.05) is 49.4 Å². The number of aliphatic hydroxyl groups excluding tert-OH is 1. The molecule has 0 aliphatic carbocycles. The molecular weight excluding hydrogens is 306 g/mol. The van der Waals surface area contributed by atoms with E-state index in [0.29, 0.717) is 18.5 Å². The number of carbonyl (C=O) groups excluding carboxylic acids is 1. The Morgan fingerprint density at radius 3 is 2.48 bits per heavy atom. The van der Waals surface area contributed by atoms with E-state index in [-0.39, 0.29) is 18.4 Å². The first kappa shape index (κ1) is 17.6. The molecule has 4 heteroatoms. The topological polar surface area (TPSA) is 49.3 Å². The van der Waals surface area contributed by atoms with Crippen LogP contribution in [0.5, 0.6) is 0 Å². The molecule has 122 valence electrons. The number of benzene rings is 2. The minimum atomic E-state index is -0.0607. The third kappa shape index (κ3) is 6.08. The number of nitrogens with one attached hydrogen (secondary N) is 1. The van der Waals surface area contributed by atoms with Gasteiger partial charge in [0.15, 0.2) is 0 Å². The summed E-state index contributed by atoms with van der Waals surface area (Å²) in [5.74, 6) is 1.14. The number of aliphatic hydroxyl groups is 1. The van der Waals surface area contributed by atoms with Crippen molar-refractivity contribution in [1.29, 1.82) is 0 Å². The number of rotatable bonds is 8. The standard InChI is InChI=1S/C19H23NO2S/c1-15(11-12-21)13-20-19(22)17-7-9-18(10-8-17)23-14-16-5-3-2-4-6-16/h2-10,15,21H,11-14H2,1H3,(H,20,22). The molecule has 0 heterocycles. The van der Waals surface area contributed by atoms with Crippen molar-refractivity contribution in [1.82, 2.24) is 5.32 Å². The smallest absolute Gasteiger partial charge is 0.251 e. The number of thioether (sulfide) groups is 1. The first-order chi connectivity index (χ1) is 11.2. The van der Waals surface area contributed by atoms with Crippen molar-refractivity contribution in [2.75, 3.05) is 13.2 Å². The Balaban J connectivity index is 1.82. The molecule has 1 atom stereocenters. The van der Waals surface area contributed by atoms with Gasteiger partial charge >= 0.3 is 0 Å². The van der Waals surface area contributed by atoms with Gasteiger partial charge in [-0.1, -0.05) is 37.3 Å². The van der Waals surface area contributed by atoms with E-state index in [1.165, 1.54) is 5.56 Å². The number of amides is 1. The van der Waals surface area contributed by atoms with Gasteiger partial charge in [-0.25, -0.2) is 0 Å². The fraction of sp³-hybridized carbons (Fsp3) is 0.316. The summed E-state index contributed by atoms with van der Waals surface area (Å²) in [6.45, 7) is 2.76. The van der Waals surface area contributed by atoms with Crippen LogP contribution in [0.1, 0.15) is 29.3 Å². The molecule has 23 heavy (non-hydrogen) atoms. The highest BCUT2D eigenvalue weighted by Crippen LogP contribution is 2.22. The van der Waals surface area contributed by atoms with Gasteiger partial charge in [0.2, 0.25) is 0 Å². The summed E-state index contributed by atoms with van der Waals surface area (Å²) in [4.78, 5) is 13.2.